The number of ether oxygens (including phenoxy) is 3. The largest absolute Gasteiger partial charge is 0.492 e. The summed E-state index contributed by atoms with van der Waals surface area (Å²) in [6.45, 7) is 5.55. The summed E-state index contributed by atoms with van der Waals surface area (Å²) < 4.78 is 15.9. The maximum Gasteiger partial charge on any atom is 0.341 e. The van der Waals surface area contributed by atoms with Gasteiger partial charge in [0.05, 0.1) is 12.7 Å². The van der Waals surface area contributed by atoms with E-state index in [2.05, 4.69) is 5.32 Å². The van der Waals surface area contributed by atoms with Gasteiger partial charge in [-0.05, 0) is 27.2 Å². The maximum absolute atomic E-state index is 12.3. The van der Waals surface area contributed by atoms with Crippen molar-refractivity contribution in [2.24, 2.45) is 5.73 Å². The van der Waals surface area contributed by atoms with E-state index in [0.717, 1.165) is 5.57 Å². The molecule has 0 aliphatic carbocycles. The Morgan fingerprint density at radius 2 is 2.00 bits per heavy atom. The number of hydrogen-bond acceptors (Lipinski definition) is 6. The maximum atomic E-state index is 12.3. The second-order valence-electron chi connectivity index (χ2n) is 5.89. The van der Waals surface area contributed by atoms with Crippen LogP contribution in [0.3, 0.4) is 0 Å². The van der Waals surface area contributed by atoms with Gasteiger partial charge in [-0.1, -0.05) is 11.6 Å². The minimum Gasteiger partial charge on any atom is -0.492 e. The van der Waals surface area contributed by atoms with E-state index in [1.165, 1.54) is 7.11 Å². The van der Waals surface area contributed by atoms with Crippen molar-refractivity contribution in [3.63, 3.8) is 0 Å². The molecule has 2 rings (SSSR count). The smallest absolute Gasteiger partial charge is 0.341 e. The number of methoxy groups -OCH3 is 1. The number of anilines is 1. The van der Waals surface area contributed by atoms with Gasteiger partial charge < -0.3 is 25.3 Å². The summed E-state index contributed by atoms with van der Waals surface area (Å²) >= 11 is 0. The van der Waals surface area contributed by atoms with E-state index >= 15 is 0 Å². The van der Waals surface area contributed by atoms with Crippen molar-refractivity contribution in [2.75, 3.05) is 12.4 Å². The summed E-state index contributed by atoms with van der Waals surface area (Å²) in [5.41, 5.74) is 7.51. The molecule has 0 bridgehead atoms. The van der Waals surface area contributed by atoms with E-state index in [0.29, 0.717) is 17.5 Å². The van der Waals surface area contributed by atoms with Crippen molar-refractivity contribution in [3.8, 4) is 11.5 Å². The van der Waals surface area contributed by atoms with Crippen LogP contribution < -0.4 is 20.5 Å². The summed E-state index contributed by atoms with van der Waals surface area (Å²) in [5.74, 6) is -0.967. The zero-order chi connectivity index (χ0) is 19.4. The molecule has 0 fully saturated rings. The van der Waals surface area contributed by atoms with E-state index in [1.807, 2.05) is 19.9 Å². The third kappa shape index (κ3) is 3.79. The van der Waals surface area contributed by atoms with Crippen LogP contribution in [0.2, 0.25) is 0 Å². The number of primary amides is 1. The number of cyclic esters (lactones) is 1. The van der Waals surface area contributed by atoms with Gasteiger partial charge in [-0.2, -0.15) is 0 Å². The number of urea groups is 1. The number of carbonyl (C=O) groups is 3. The van der Waals surface area contributed by atoms with Crippen molar-refractivity contribution in [3.05, 3.63) is 28.3 Å². The van der Waals surface area contributed by atoms with Gasteiger partial charge >= 0.3 is 18.0 Å². The number of amides is 2. The van der Waals surface area contributed by atoms with Crippen LogP contribution in [0.4, 0.5) is 10.5 Å². The van der Waals surface area contributed by atoms with Crippen LogP contribution in [0.25, 0.3) is 0 Å². The van der Waals surface area contributed by atoms with Crippen molar-refractivity contribution in [1.82, 2.24) is 0 Å². The Bertz CT molecular complexity index is 798. The molecule has 26 heavy (non-hydrogen) atoms. The zero-order valence-corrected chi connectivity index (χ0v) is 15.2. The number of allylic oxidation sites excluding steroid dienone is 2. The van der Waals surface area contributed by atoms with Crippen LogP contribution in [0.5, 0.6) is 11.5 Å². The highest BCUT2D eigenvalue weighted by atomic mass is 16.6. The predicted octanol–water partition coefficient (Wildman–Crippen LogP) is 2.82. The summed E-state index contributed by atoms with van der Waals surface area (Å²) in [5, 5.41) is 2.36. The molecule has 0 aromatic heterocycles. The molecule has 1 aromatic carbocycles. The Balaban J connectivity index is 2.50. The minimum atomic E-state index is -0.903. The third-order valence-electron chi connectivity index (χ3n) is 4.21. The standard InChI is InChI=1S/C18H22N2O6/c1-5-9(2)6-7-12(21)26-16-14(20-18(19)23)13-11(8-25-17(13)22)10(3)15(16)24-4/h5H,6-8H2,1-4H3,(H3,19,20,23). The molecule has 2 amide bonds. The van der Waals surface area contributed by atoms with Gasteiger partial charge in [-0.25, -0.2) is 9.59 Å². The van der Waals surface area contributed by atoms with Crippen LogP contribution in [0.1, 0.15) is 48.2 Å². The first-order chi connectivity index (χ1) is 12.3. The van der Waals surface area contributed by atoms with Crippen LogP contribution in [0.15, 0.2) is 11.6 Å². The monoisotopic (exact) mass is 362 g/mol. The Morgan fingerprint density at radius 3 is 2.58 bits per heavy atom. The van der Waals surface area contributed by atoms with Crippen LogP contribution >= 0.6 is 0 Å². The highest BCUT2D eigenvalue weighted by molar-refractivity contribution is 6.06. The van der Waals surface area contributed by atoms with E-state index in [1.54, 1.807) is 6.92 Å². The number of nitrogens with one attached hydrogen (secondary N) is 1. The lowest BCUT2D eigenvalue weighted by molar-refractivity contribution is -0.134. The fraction of sp³-hybridized carbons (Fsp3) is 0.389. The number of rotatable bonds is 6. The highest BCUT2D eigenvalue weighted by Crippen LogP contribution is 2.46. The average molecular weight is 362 g/mol. The molecular weight excluding hydrogens is 340 g/mol. The summed E-state index contributed by atoms with van der Waals surface area (Å²) in [7, 11) is 1.40. The third-order valence-corrected chi connectivity index (χ3v) is 4.21. The number of benzene rings is 1. The molecular formula is C18H22N2O6. The molecule has 140 valence electrons. The Kier molecular flexibility index (Phi) is 5.86. The molecule has 0 atom stereocenters. The van der Waals surface area contributed by atoms with Crippen LogP contribution in [-0.4, -0.2) is 25.1 Å². The highest BCUT2D eigenvalue weighted by Gasteiger charge is 2.34. The molecule has 1 aliphatic rings. The molecule has 3 N–H and O–H groups in total. The Labute approximate surface area is 151 Å². The zero-order valence-electron chi connectivity index (χ0n) is 15.2. The lowest BCUT2D eigenvalue weighted by Crippen LogP contribution is -2.23. The van der Waals surface area contributed by atoms with E-state index < -0.39 is 18.0 Å². The van der Waals surface area contributed by atoms with Crippen molar-refractivity contribution < 1.29 is 28.6 Å². The number of carbonyl (C=O) groups excluding carboxylic acids is 3. The Hall–Kier alpha value is -3.03. The second kappa shape index (κ2) is 7.90. The average Bonchev–Trinajstić information content (AvgIpc) is 2.98. The van der Waals surface area contributed by atoms with Gasteiger partial charge in [0.2, 0.25) is 0 Å². The first kappa shape index (κ1) is 19.3. The van der Waals surface area contributed by atoms with E-state index in [4.69, 9.17) is 19.9 Å². The SMILES string of the molecule is CC=C(C)CCC(=O)Oc1c(NC(N)=O)c2c(c(C)c1OC)COC2=O. The molecule has 0 saturated carbocycles. The molecule has 1 heterocycles. The molecule has 0 saturated heterocycles. The molecule has 1 aliphatic heterocycles. The van der Waals surface area contributed by atoms with Crippen molar-refractivity contribution in [1.29, 1.82) is 0 Å². The first-order valence-corrected chi connectivity index (χ1v) is 8.09. The normalized spacial score (nSPS) is 13.1. The van der Waals surface area contributed by atoms with Gasteiger partial charge in [0, 0.05) is 17.5 Å². The van der Waals surface area contributed by atoms with Gasteiger partial charge in [-0.15, -0.1) is 0 Å². The second-order valence-corrected chi connectivity index (χ2v) is 5.89. The summed E-state index contributed by atoms with van der Waals surface area (Å²) in [6.07, 6.45) is 2.57. The van der Waals surface area contributed by atoms with Crippen LogP contribution in [-0.2, 0) is 16.1 Å². The molecule has 1 aromatic rings. The molecule has 8 nitrogen and oxygen atoms in total. The predicted molar refractivity (Wildman–Crippen MR) is 94.4 cm³/mol. The number of fused-ring (bicyclic) bond motifs is 1. The number of nitrogens with two attached hydrogens (primary N) is 1. The van der Waals surface area contributed by atoms with Gasteiger partial charge in [0.25, 0.3) is 0 Å². The quantitative estimate of drug-likeness (QED) is 0.456. The van der Waals surface area contributed by atoms with Crippen LogP contribution in [0, 0.1) is 6.92 Å². The fourth-order valence-electron chi connectivity index (χ4n) is 2.68. The van der Waals surface area contributed by atoms with Crippen molar-refractivity contribution >= 4 is 23.7 Å². The molecule has 8 heteroatoms. The molecule has 0 radical (unpaired) electrons. The lowest BCUT2D eigenvalue weighted by Gasteiger charge is -2.19. The number of esters is 2. The molecule has 0 unspecified atom stereocenters. The summed E-state index contributed by atoms with van der Waals surface area (Å²) in [6, 6.07) is -0.903. The summed E-state index contributed by atoms with van der Waals surface area (Å²) in [4.78, 5) is 35.8. The van der Waals surface area contributed by atoms with Gasteiger partial charge in [0.1, 0.15) is 12.3 Å². The molecule has 0 spiro atoms. The Morgan fingerprint density at radius 1 is 1.31 bits per heavy atom. The van der Waals surface area contributed by atoms with Gasteiger partial charge in [-0.3, -0.25) is 4.79 Å². The topological polar surface area (TPSA) is 117 Å². The lowest BCUT2D eigenvalue weighted by atomic mass is 9.99. The van der Waals surface area contributed by atoms with Crippen molar-refractivity contribution in [2.45, 2.75) is 40.2 Å². The van der Waals surface area contributed by atoms with E-state index in [9.17, 15) is 14.4 Å². The first-order valence-electron chi connectivity index (χ1n) is 8.09. The van der Waals surface area contributed by atoms with Gasteiger partial charge in [0.15, 0.2) is 11.5 Å². The minimum absolute atomic E-state index is 0.0199. The number of hydrogen-bond donors (Lipinski definition) is 2. The fourth-order valence-corrected chi connectivity index (χ4v) is 2.68. The van der Waals surface area contributed by atoms with E-state index in [-0.39, 0.29) is 35.8 Å².